The van der Waals surface area contributed by atoms with Gasteiger partial charge in [-0.25, -0.2) is 14.0 Å². The molecular formula is C28H25F4NO6. The van der Waals surface area contributed by atoms with Crippen LogP contribution in [0.25, 0.3) is 11.1 Å². The normalized spacial score (nSPS) is 15.5. The summed E-state index contributed by atoms with van der Waals surface area (Å²) in [5.74, 6) is -3.65. The van der Waals surface area contributed by atoms with Crippen molar-refractivity contribution in [3.8, 4) is 22.6 Å². The van der Waals surface area contributed by atoms with E-state index < -0.39 is 36.6 Å². The predicted octanol–water partition coefficient (Wildman–Crippen LogP) is 5.03. The summed E-state index contributed by atoms with van der Waals surface area (Å²) in [6, 6.07) is 17.5. The van der Waals surface area contributed by atoms with Crippen molar-refractivity contribution in [2.24, 2.45) is 0 Å². The fourth-order valence-corrected chi connectivity index (χ4v) is 4.18. The molecule has 1 heterocycles. The maximum atomic E-state index is 13.8. The predicted molar refractivity (Wildman–Crippen MR) is 132 cm³/mol. The van der Waals surface area contributed by atoms with Crippen LogP contribution in [-0.2, 0) is 16.0 Å². The number of rotatable bonds is 10. The summed E-state index contributed by atoms with van der Waals surface area (Å²) in [4.78, 5) is 23.0. The minimum Gasteiger partial charge on any atom is -0.489 e. The number of benzene rings is 3. The van der Waals surface area contributed by atoms with Crippen LogP contribution in [0.1, 0.15) is 22.3 Å². The molecule has 11 heteroatoms. The van der Waals surface area contributed by atoms with Crippen LogP contribution in [0.4, 0.5) is 17.6 Å². The molecule has 2 N–H and O–H groups in total. The molecule has 0 saturated heterocycles. The number of para-hydroxylation sites is 1. The number of nitrogens with one attached hydrogen (secondary N) is 1. The van der Waals surface area contributed by atoms with Crippen molar-refractivity contribution >= 4 is 11.9 Å². The second-order valence-electron chi connectivity index (χ2n) is 8.88. The molecule has 7 nitrogen and oxygen atoms in total. The number of aryl methyl sites for hydroxylation is 1. The molecule has 3 aromatic carbocycles. The molecule has 0 bridgehead atoms. The van der Waals surface area contributed by atoms with Gasteiger partial charge in [0.2, 0.25) is 0 Å². The van der Waals surface area contributed by atoms with Crippen LogP contribution >= 0.6 is 0 Å². The van der Waals surface area contributed by atoms with Crippen molar-refractivity contribution in [2.45, 2.75) is 31.2 Å². The summed E-state index contributed by atoms with van der Waals surface area (Å²) in [5, 5.41) is 12.4. The van der Waals surface area contributed by atoms with E-state index in [0.29, 0.717) is 24.2 Å². The Morgan fingerprint density at radius 3 is 2.56 bits per heavy atom. The van der Waals surface area contributed by atoms with Gasteiger partial charge in [0.1, 0.15) is 24.6 Å². The Morgan fingerprint density at radius 1 is 1.08 bits per heavy atom. The first-order chi connectivity index (χ1) is 18.6. The molecular weight excluding hydrogens is 522 g/mol. The number of carbonyl (C=O) groups is 2. The zero-order valence-electron chi connectivity index (χ0n) is 20.5. The van der Waals surface area contributed by atoms with E-state index >= 15 is 0 Å². The molecule has 0 saturated carbocycles. The molecule has 0 unspecified atom stereocenters. The van der Waals surface area contributed by atoms with E-state index in [1.807, 2.05) is 6.07 Å². The highest BCUT2D eigenvalue weighted by Crippen LogP contribution is 2.33. The first kappa shape index (κ1) is 27.9. The number of halogens is 4. The number of fused-ring (bicyclic) bond motifs is 1. The highest BCUT2D eigenvalue weighted by atomic mass is 19.4. The molecule has 0 aliphatic carbocycles. The van der Waals surface area contributed by atoms with Crippen molar-refractivity contribution in [2.75, 3.05) is 19.7 Å². The summed E-state index contributed by atoms with van der Waals surface area (Å²) in [7, 11) is 0. The monoisotopic (exact) mass is 547 g/mol. The third-order valence-corrected chi connectivity index (χ3v) is 6.07. The molecule has 4 rings (SSSR count). The fourth-order valence-electron chi connectivity index (χ4n) is 4.18. The van der Waals surface area contributed by atoms with E-state index in [9.17, 15) is 32.3 Å². The Balaban J connectivity index is 1.35. The zero-order valence-corrected chi connectivity index (χ0v) is 20.5. The lowest BCUT2D eigenvalue weighted by Crippen LogP contribution is -2.42. The third-order valence-electron chi connectivity index (χ3n) is 6.07. The number of esters is 1. The fraction of sp³-hybridized carbons (Fsp3) is 0.286. The van der Waals surface area contributed by atoms with E-state index in [2.05, 4.69) is 10.1 Å². The lowest BCUT2D eigenvalue weighted by atomic mass is 9.94. The Labute approximate surface area is 221 Å². The third kappa shape index (κ3) is 7.26. The molecule has 0 fully saturated rings. The molecule has 206 valence electrons. The van der Waals surface area contributed by atoms with Crippen LogP contribution in [0.5, 0.6) is 11.5 Å². The van der Waals surface area contributed by atoms with Gasteiger partial charge >= 0.3 is 18.1 Å². The zero-order chi connectivity index (χ0) is 28.0. The van der Waals surface area contributed by atoms with Gasteiger partial charge in [0.05, 0.1) is 5.56 Å². The van der Waals surface area contributed by atoms with Gasteiger partial charge < -0.3 is 24.6 Å². The lowest BCUT2D eigenvalue weighted by Gasteiger charge is -2.28. The summed E-state index contributed by atoms with van der Waals surface area (Å²) < 4.78 is 67.9. The number of alkyl halides is 3. The van der Waals surface area contributed by atoms with E-state index in [4.69, 9.17) is 9.47 Å². The molecule has 39 heavy (non-hydrogen) atoms. The van der Waals surface area contributed by atoms with E-state index in [-0.39, 0.29) is 30.5 Å². The first-order valence-corrected chi connectivity index (χ1v) is 12.1. The number of hydrogen-bond acceptors (Lipinski definition) is 6. The maximum absolute atomic E-state index is 13.8. The topological polar surface area (TPSA) is 94.1 Å². The minimum atomic E-state index is -5.18. The second kappa shape index (κ2) is 12.2. The number of carboxylic acids is 1. The molecule has 3 aromatic rings. The van der Waals surface area contributed by atoms with E-state index in [0.717, 1.165) is 17.2 Å². The SMILES string of the molecule is O=C(O)c1ccccc1-c1ccc2c(c1)CC[C@H](CNC[C@@H](COc1ccccc1F)OC(=O)C(F)(F)F)O2. The van der Waals surface area contributed by atoms with Crippen LogP contribution in [0.3, 0.4) is 0 Å². The molecule has 0 radical (unpaired) electrons. The average molecular weight is 548 g/mol. The second-order valence-corrected chi connectivity index (χ2v) is 8.88. The van der Waals surface area contributed by atoms with Gasteiger partial charge in [0.25, 0.3) is 0 Å². The number of hydrogen-bond donors (Lipinski definition) is 2. The summed E-state index contributed by atoms with van der Waals surface area (Å²) >= 11 is 0. The van der Waals surface area contributed by atoms with Crippen molar-refractivity contribution in [1.82, 2.24) is 5.32 Å². The van der Waals surface area contributed by atoms with Crippen LogP contribution in [-0.4, -0.2) is 55.1 Å². The molecule has 0 aromatic heterocycles. The Kier molecular flexibility index (Phi) is 8.70. The summed E-state index contributed by atoms with van der Waals surface area (Å²) in [5.41, 5.74) is 2.43. The lowest BCUT2D eigenvalue weighted by molar-refractivity contribution is -0.205. The summed E-state index contributed by atoms with van der Waals surface area (Å²) in [6.07, 6.45) is -5.63. The molecule has 1 aliphatic heterocycles. The van der Waals surface area contributed by atoms with Gasteiger partial charge in [-0.1, -0.05) is 36.4 Å². The van der Waals surface area contributed by atoms with Crippen LogP contribution in [0, 0.1) is 5.82 Å². The minimum absolute atomic E-state index is 0.178. The van der Waals surface area contributed by atoms with Gasteiger partial charge in [-0.2, -0.15) is 13.2 Å². The van der Waals surface area contributed by atoms with E-state index in [1.54, 1.807) is 30.3 Å². The average Bonchev–Trinajstić information content (AvgIpc) is 2.91. The van der Waals surface area contributed by atoms with E-state index in [1.165, 1.54) is 24.3 Å². The highest BCUT2D eigenvalue weighted by molar-refractivity contribution is 5.96. The van der Waals surface area contributed by atoms with Gasteiger partial charge in [0.15, 0.2) is 11.6 Å². The Bertz CT molecular complexity index is 1330. The first-order valence-electron chi connectivity index (χ1n) is 12.1. The van der Waals surface area contributed by atoms with Crippen LogP contribution in [0.15, 0.2) is 66.7 Å². The Morgan fingerprint density at radius 2 is 1.82 bits per heavy atom. The number of carboxylic acid groups (broad SMARTS) is 1. The molecule has 2 atom stereocenters. The number of ether oxygens (including phenoxy) is 3. The van der Waals surface area contributed by atoms with Gasteiger partial charge in [-0.15, -0.1) is 0 Å². The molecule has 0 spiro atoms. The van der Waals surface area contributed by atoms with Gasteiger partial charge in [-0.05, 0) is 59.9 Å². The van der Waals surface area contributed by atoms with Crippen molar-refractivity contribution in [3.05, 3.63) is 83.7 Å². The standard InChI is InChI=1S/C28H25F4NO6/c29-23-7-3-4-8-25(23)37-16-20(39-27(36)28(30,31)32)15-33-14-19-11-9-18-13-17(10-12-24(18)38-19)21-5-1-2-6-22(21)26(34)35/h1-8,10,12-13,19-20,33H,9,11,14-16H2,(H,34,35)/t19-,20+/m1/s1. The highest BCUT2D eigenvalue weighted by Gasteiger charge is 2.42. The largest absolute Gasteiger partial charge is 0.490 e. The van der Waals surface area contributed by atoms with Gasteiger partial charge in [0, 0.05) is 13.1 Å². The maximum Gasteiger partial charge on any atom is 0.490 e. The van der Waals surface area contributed by atoms with Gasteiger partial charge in [-0.3, -0.25) is 0 Å². The van der Waals surface area contributed by atoms with Crippen molar-refractivity contribution < 1.29 is 46.5 Å². The van der Waals surface area contributed by atoms with Crippen LogP contribution in [0.2, 0.25) is 0 Å². The molecule has 1 aliphatic rings. The van der Waals surface area contributed by atoms with Crippen molar-refractivity contribution in [3.63, 3.8) is 0 Å². The molecule has 0 amide bonds. The number of carbonyl (C=O) groups excluding carboxylic acids is 1. The summed E-state index contributed by atoms with van der Waals surface area (Å²) in [6.45, 7) is -0.443. The quantitative estimate of drug-likeness (QED) is 0.272. The number of aromatic carboxylic acids is 1. The van der Waals surface area contributed by atoms with Crippen molar-refractivity contribution in [1.29, 1.82) is 0 Å². The van der Waals surface area contributed by atoms with Crippen LogP contribution < -0.4 is 14.8 Å². The smallest absolute Gasteiger partial charge is 0.489 e. The Hall–Kier alpha value is -4.12.